The highest BCUT2D eigenvalue weighted by Gasteiger charge is 2.42. The molecule has 0 aliphatic carbocycles. The highest BCUT2D eigenvalue weighted by atomic mass is 35.5. The Bertz CT molecular complexity index is 1600. The molecule has 0 aromatic heterocycles. The van der Waals surface area contributed by atoms with Crippen LogP contribution < -0.4 is 20.1 Å². The second-order valence-electron chi connectivity index (χ2n) is 12.3. The molecule has 264 valence electrons. The molecule has 3 aromatic carbocycles. The number of esters is 1. The van der Waals surface area contributed by atoms with Gasteiger partial charge in [0.1, 0.15) is 12.2 Å². The number of carbonyl (C=O) groups is 3. The number of hydrogen-bond donors (Lipinski definition) is 2. The molecule has 0 saturated carbocycles. The van der Waals surface area contributed by atoms with Crippen LogP contribution in [0.4, 0.5) is 5.69 Å². The first kappa shape index (κ1) is 37.9. The predicted octanol–water partition coefficient (Wildman–Crippen LogP) is 6.13. The summed E-state index contributed by atoms with van der Waals surface area (Å²) in [6, 6.07) is 16.7. The van der Waals surface area contributed by atoms with Crippen molar-refractivity contribution in [2.24, 2.45) is 11.1 Å². The Kier molecular flexibility index (Phi) is 13.2. The number of Topliss-reactive ketones (excluding diaryl/α,β-unsaturated/α-hetero) is 1. The lowest BCUT2D eigenvalue weighted by Gasteiger charge is -2.36. The number of nitrogens with two attached hydrogens (primary N) is 1. The van der Waals surface area contributed by atoms with Crippen LogP contribution in [0.15, 0.2) is 60.7 Å². The monoisotopic (exact) mass is 694 g/mol. The van der Waals surface area contributed by atoms with Crippen LogP contribution in [0, 0.1) is 5.41 Å². The maximum absolute atomic E-state index is 14.6. The summed E-state index contributed by atoms with van der Waals surface area (Å²) in [5, 5.41) is 10.9. The number of fused-ring (bicyclic) bond motifs is 1. The van der Waals surface area contributed by atoms with Crippen LogP contribution in [-0.4, -0.2) is 62.8 Å². The maximum atomic E-state index is 14.6. The number of aliphatic hydroxyl groups excluding tert-OH is 1. The van der Waals surface area contributed by atoms with Gasteiger partial charge in [-0.15, -0.1) is 0 Å². The van der Waals surface area contributed by atoms with Gasteiger partial charge in [-0.1, -0.05) is 61.8 Å². The van der Waals surface area contributed by atoms with Crippen LogP contribution in [0.3, 0.4) is 0 Å². The van der Waals surface area contributed by atoms with E-state index < -0.39 is 35.4 Å². The maximum Gasteiger partial charge on any atom is 0.306 e. The number of hydrogen-bond acceptors (Lipinski definition) is 9. The van der Waals surface area contributed by atoms with Gasteiger partial charge in [-0.2, -0.15) is 0 Å². The first-order chi connectivity index (χ1) is 23.5. The second-order valence-corrected chi connectivity index (χ2v) is 12.7. The minimum atomic E-state index is -1.24. The Morgan fingerprint density at radius 3 is 2.35 bits per heavy atom. The van der Waals surface area contributed by atoms with Crippen molar-refractivity contribution in [1.82, 2.24) is 0 Å². The molecule has 1 heterocycles. The average molecular weight is 695 g/mol. The zero-order valence-electron chi connectivity index (χ0n) is 28.9. The fourth-order valence-electron chi connectivity index (χ4n) is 6.18. The lowest BCUT2D eigenvalue weighted by molar-refractivity contribution is -0.143. The van der Waals surface area contributed by atoms with E-state index in [-0.39, 0.29) is 32.0 Å². The van der Waals surface area contributed by atoms with Gasteiger partial charge >= 0.3 is 5.97 Å². The highest BCUT2D eigenvalue weighted by Crippen LogP contribution is 2.46. The molecule has 4 rings (SSSR count). The van der Waals surface area contributed by atoms with Crippen LogP contribution >= 0.6 is 11.6 Å². The highest BCUT2D eigenvalue weighted by molar-refractivity contribution is 6.30. The van der Waals surface area contributed by atoms with Gasteiger partial charge in [-0.25, -0.2) is 0 Å². The van der Waals surface area contributed by atoms with E-state index in [0.717, 1.165) is 5.56 Å². The number of amides is 1. The number of anilines is 1. The summed E-state index contributed by atoms with van der Waals surface area (Å²) in [5.41, 5.74) is 9.11. The van der Waals surface area contributed by atoms with E-state index in [0.29, 0.717) is 64.8 Å². The molecule has 10 nitrogen and oxygen atoms in total. The van der Waals surface area contributed by atoms with Crippen LogP contribution in [0.25, 0.3) is 0 Å². The first-order valence-electron chi connectivity index (χ1n) is 16.7. The lowest BCUT2D eigenvalue weighted by atomic mass is 9.82. The van der Waals surface area contributed by atoms with Crippen molar-refractivity contribution in [3.63, 3.8) is 0 Å². The number of halogens is 1. The van der Waals surface area contributed by atoms with Crippen LogP contribution in [0.1, 0.15) is 80.9 Å². The molecule has 11 heteroatoms. The Balaban J connectivity index is 1.73. The van der Waals surface area contributed by atoms with E-state index >= 15 is 0 Å². The normalized spacial score (nSPS) is 16.8. The standard InChI is InChI=1S/C38H47ClN2O8/c1-6-38(7-2,23-42)22-41-29-18-17-26(39)20-28(29)35(27-10-9-11-31(46-4)36(27)47-5)49-32(37(41)45)21-30(43)34(40)25-15-12-24(13-16-25)14-19-33(44)48-8-3/h9-13,15-18,20,32,34-35,42H,6-8,14,19,21-23,40H2,1-5H3/t32-,34?,35-/m1/s1. The molecule has 1 amide bonds. The number of benzene rings is 3. The molecule has 3 aromatic rings. The van der Waals surface area contributed by atoms with Gasteiger partial charge in [0, 0.05) is 46.6 Å². The van der Waals surface area contributed by atoms with Gasteiger partial charge in [0.05, 0.1) is 33.5 Å². The van der Waals surface area contributed by atoms with E-state index in [4.69, 9.17) is 36.3 Å². The third-order valence-electron chi connectivity index (χ3n) is 9.44. The summed E-state index contributed by atoms with van der Waals surface area (Å²) >= 11 is 6.56. The summed E-state index contributed by atoms with van der Waals surface area (Å²) in [4.78, 5) is 41.8. The molecule has 49 heavy (non-hydrogen) atoms. The van der Waals surface area contributed by atoms with E-state index in [1.807, 2.05) is 32.0 Å². The number of ketones is 1. The van der Waals surface area contributed by atoms with Crippen molar-refractivity contribution < 1.29 is 38.4 Å². The Labute approximate surface area is 293 Å². The Morgan fingerprint density at radius 1 is 1.02 bits per heavy atom. The van der Waals surface area contributed by atoms with Gasteiger partial charge in [0.25, 0.3) is 5.91 Å². The summed E-state index contributed by atoms with van der Waals surface area (Å²) in [6.45, 7) is 6.11. The molecule has 0 saturated heterocycles. The molecule has 3 N–H and O–H groups in total. The molecule has 0 radical (unpaired) electrons. The topological polar surface area (TPSA) is 138 Å². The van der Waals surface area contributed by atoms with Crippen molar-refractivity contribution in [2.75, 3.05) is 38.9 Å². The fraction of sp³-hybridized carbons (Fsp3) is 0.447. The van der Waals surface area contributed by atoms with Crippen molar-refractivity contribution in [3.8, 4) is 11.5 Å². The van der Waals surface area contributed by atoms with E-state index in [1.54, 1.807) is 54.3 Å². The van der Waals surface area contributed by atoms with Gasteiger partial charge in [0.15, 0.2) is 17.3 Å². The number of ether oxygens (including phenoxy) is 4. The molecule has 0 bridgehead atoms. The number of methoxy groups -OCH3 is 2. The molecule has 0 fully saturated rings. The van der Waals surface area contributed by atoms with Gasteiger partial charge in [-0.05, 0) is 61.6 Å². The van der Waals surface area contributed by atoms with E-state index in [1.165, 1.54) is 14.2 Å². The minimum Gasteiger partial charge on any atom is -0.493 e. The van der Waals surface area contributed by atoms with Crippen LogP contribution in [0.5, 0.6) is 11.5 Å². The Hall–Kier alpha value is -3.96. The van der Waals surface area contributed by atoms with Gasteiger partial charge < -0.3 is 34.7 Å². The smallest absolute Gasteiger partial charge is 0.306 e. The zero-order chi connectivity index (χ0) is 35.7. The molecule has 3 atom stereocenters. The molecule has 1 aliphatic rings. The quantitative estimate of drug-likeness (QED) is 0.170. The van der Waals surface area contributed by atoms with Gasteiger partial charge in [0.2, 0.25) is 0 Å². The third-order valence-corrected chi connectivity index (χ3v) is 9.68. The third kappa shape index (κ3) is 8.62. The summed E-state index contributed by atoms with van der Waals surface area (Å²) in [5.74, 6) is -0.210. The zero-order valence-corrected chi connectivity index (χ0v) is 29.6. The van der Waals surface area contributed by atoms with Crippen molar-refractivity contribution in [2.45, 2.75) is 71.1 Å². The van der Waals surface area contributed by atoms with Crippen molar-refractivity contribution in [3.05, 3.63) is 87.9 Å². The molecular weight excluding hydrogens is 648 g/mol. The number of nitrogens with zero attached hydrogens (tertiary/aromatic N) is 1. The summed E-state index contributed by atoms with van der Waals surface area (Å²) < 4.78 is 23.0. The number of para-hydroxylation sites is 1. The summed E-state index contributed by atoms with van der Waals surface area (Å²) in [6.07, 6.45) is -0.457. The fourth-order valence-corrected chi connectivity index (χ4v) is 6.36. The number of rotatable bonds is 16. The summed E-state index contributed by atoms with van der Waals surface area (Å²) in [7, 11) is 3.06. The Morgan fingerprint density at radius 2 is 1.73 bits per heavy atom. The molecule has 1 aliphatic heterocycles. The van der Waals surface area contributed by atoms with Crippen LogP contribution in [-0.2, 0) is 30.3 Å². The van der Waals surface area contributed by atoms with Crippen molar-refractivity contribution >= 4 is 34.9 Å². The van der Waals surface area contributed by atoms with Crippen LogP contribution in [0.2, 0.25) is 5.02 Å². The van der Waals surface area contributed by atoms with E-state index in [2.05, 4.69) is 0 Å². The lowest BCUT2D eigenvalue weighted by Crippen LogP contribution is -2.47. The number of aryl methyl sites for hydroxylation is 1. The van der Waals surface area contributed by atoms with Crippen molar-refractivity contribution in [1.29, 1.82) is 0 Å². The average Bonchev–Trinajstić information content (AvgIpc) is 3.22. The molecule has 1 unspecified atom stereocenters. The van der Waals surface area contributed by atoms with Gasteiger partial charge in [-0.3, -0.25) is 14.4 Å². The number of aliphatic hydroxyl groups is 1. The largest absolute Gasteiger partial charge is 0.493 e. The number of carbonyl (C=O) groups excluding carboxylic acids is 3. The van der Waals surface area contributed by atoms with E-state index in [9.17, 15) is 19.5 Å². The first-order valence-corrected chi connectivity index (χ1v) is 17.0. The minimum absolute atomic E-state index is 0.134. The predicted molar refractivity (Wildman–Crippen MR) is 188 cm³/mol. The second kappa shape index (κ2) is 17.1. The molecular formula is C38H47ClN2O8. The molecule has 0 spiro atoms. The SMILES string of the molecule is CCOC(=O)CCc1ccc(C(N)C(=O)C[C@H]2O[C@H](c3cccc(OC)c3OC)c3cc(Cl)ccc3N(CC(CC)(CC)CO)C2=O)cc1.